The summed E-state index contributed by atoms with van der Waals surface area (Å²) in [6.45, 7) is 11.9. The van der Waals surface area contributed by atoms with Gasteiger partial charge in [-0.25, -0.2) is 0 Å². The van der Waals surface area contributed by atoms with Crippen molar-refractivity contribution >= 4 is 82.7 Å². The Labute approximate surface area is 713 Å². The minimum absolute atomic E-state index is 0.0197. The van der Waals surface area contributed by atoms with Crippen molar-refractivity contribution in [1.29, 1.82) is 0 Å². The molecular weight excluding hydrogens is 1560 g/mol. The Balaban J connectivity index is 0.647. The molecule has 14 amide bonds. The number of aromatic hydroxyl groups is 1. The van der Waals surface area contributed by atoms with Crippen molar-refractivity contribution in [2.45, 2.75) is 204 Å². The number of phenols is 1. The van der Waals surface area contributed by atoms with Gasteiger partial charge in [-0.1, -0.05) is 120 Å². The standard InChI is InChI=1S/C88H129N19O15/c1-48(2)29-54(36-95-82(116)59-19-12-23-68(59)100-76(110)33-56(31-51-15-8-6-9-16-51)98-84(118)61-21-14-22-67(61)97-50(5)108)80(114)104-72-44-92-40-64(72)87(121)106-74-46-91-39-63(74)85(119)99-57(32-52-17-10-7-11-18-52)34-77(111)101-69-24-13-20-60(69)83(117)96-37-55(30-53-25-27-58(109)28-26-53)81(115)105-73-45-93-41-65(73)88(122)107-75-47-94-42-66(75)86(120)103-70(49(3)4)35-78(112)102-71-43-90-38-62(71)79(89)113/h6-11,15-18,25-28,48-49,54-57,59-75,90-94,109H,12-14,19-24,29-47H2,1-5H3,(H2,89,113)(H,95,116)(H,96,117)(H,97,108)(H,98,118)(H,99,119)(H,100,110)(H,101,111)(H,102,112)(H,103,120)(H,104,114)(H,105,115)(H,106,121)(H,107,122)/t54-,55+,56+,57+,59?,60?,61?,62?,63?,64?,65?,66?,67?,68?,69?,70-,71?,72?,73?,74?,75?/m1/s1. The number of rotatable bonds is 40. The molecule has 5 saturated heterocycles. The SMILES string of the molecule is CC(=O)NC1CCCC1C(=O)N[C@H](CC(=O)NC1CCCC1C(=O)NC[C@@H](CC(C)C)C(=O)NC1CNCC1C(=O)NC1CNCC1C(=O)N[C@H](CC(=O)NC1CCCC1C(=O)NC[C@H](Cc1ccc(O)cc1)C(=O)NC1CNCC1C(=O)NC1CNCC1C(=O)N[C@H](CC(=O)NC1CNCC1C(N)=O)C(C)C)Cc1ccccc1)Cc1ccccc1. The van der Waals surface area contributed by atoms with Crippen LogP contribution in [-0.4, -0.2) is 233 Å². The first kappa shape index (κ1) is 92.6. The maximum atomic E-state index is 14.6. The van der Waals surface area contributed by atoms with Crippen molar-refractivity contribution in [2.24, 2.45) is 76.7 Å². The first-order valence-corrected chi connectivity index (χ1v) is 44.1. The number of carbonyl (C=O) groups excluding carboxylic acids is 14. The number of carbonyl (C=O) groups is 14. The van der Waals surface area contributed by atoms with Gasteiger partial charge in [0.2, 0.25) is 82.7 Å². The molecule has 21 N–H and O–H groups in total. The highest BCUT2D eigenvalue weighted by atomic mass is 16.3. The zero-order chi connectivity index (χ0) is 87.1. The molecule has 8 aliphatic rings. The molecule has 11 rings (SSSR count). The zero-order valence-electron chi connectivity index (χ0n) is 70.9. The van der Waals surface area contributed by atoms with Crippen LogP contribution in [0.15, 0.2) is 84.9 Å². The predicted molar refractivity (Wildman–Crippen MR) is 453 cm³/mol. The fourth-order valence-corrected chi connectivity index (χ4v) is 19.0. The summed E-state index contributed by atoms with van der Waals surface area (Å²) in [7, 11) is 0. The molecule has 0 aromatic heterocycles. The molecule has 16 unspecified atom stereocenters. The Hall–Kier alpha value is -10.2. The molecule has 122 heavy (non-hydrogen) atoms. The van der Waals surface area contributed by atoms with Gasteiger partial charge < -0.3 is 107 Å². The van der Waals surface area contributed by atoms with Crippen LogP contribution in [0.3, 0.4) is 0 Å². The highest BCUT2D eigenvalue weighted by molar-refractivity contribution is 5.90. The van der Waals surface area contributed by atoms with Gasteiger partial charge >= 0.3 is 0 Å². The minimum Gasteiger partial charge on any atom is -0.508 e. The molecule has 0 spiro atoms. The van der Waals surface area contributed by atoms with Crippen molar-refractivity contribution in [3.05, 3.63) is 102 Å². The zero-order valence-corrected chi connectivity index (χ0v) is 70.9. The van der Waals surface area contributed by atoms with Crippen molar-refractivity contribution in [1.82, 2.24) is 95.7 Å². The quantitative estimate of drug-likeness (QED) is 0.0295. The van der Waals surface area contributed by atoms with Gasteiger partial charge in [0, 0.05) is 141 Å². The second kappa shape index (κ2) is 44.8. The summed E-state index contributed by atoms with van der Waals surface area (Å²) in [5.74, 6) is -11.6. The molecule has 34 nitrogen and oxygen atoms in total. The summed E-state index contributed by atoms with van der Waals surface area (Å²) >= 11 is 0. The van der Waals surface area contributed by atoms with Crippen LogP contribution in [0.5, 0.6) is 5.75 Å². The largest absolute Gasteiger partial charge is 0.508 e. The van der Waals surface area contributed by atoms with E-state index in [9.17, 15) is 72.2 Å². The minimum atomic E-state index is -0.858. The highest BCUT2D eigenvalue weighted by Gasteiger charge is 2.46. The lowest BCUT2D eigenvalue weighted by Crippen LogP contribution is -2.54. The lowest BCUT2D eigenvalue weighted by Gasteiger charge is -2.28. The Kier molecular flexibility index (Phi) is 34.0. The third kappa shape index (κ3) is 26.4. The van der Waals surface area contributed by atoms with E-state index in [1.807, 2.05) is 88.4 Å². The number of hydrogen-bond donors (Lipinski definition) is 20. The lowest BCUT2D eigenvalue weighted by molar-refractivity contribution is -0.132. The monoisotopic (exact) mass is 1690 g/mol. The average molecular weight is 1690 g/mol. The molecule has 0 radical (unpaired) electrons. The molecule has 3 aromatic carbocycles. The second-order valence-electron chi connectivity index (χ2n) is 35.8. The molecule has 3 aliphatic carbocycles. The Morgan fingerprint density at radius 2 is 0.730 bits per heavy atom. The second-order valence-corrected chi connectivity index (χ2v) is 35.8. The number of primary amides is 1. The molecule has 5 heterocycles. The summed E-state index contributed by atoms with van der Waals surface area (Å²) in [5, 5.41) is 65.8. The molecule has 5 aliphatic heterocycles. The van der Waals surface area contributed by atoms with Gasteiger partial charge in [-0.2, -0.15) is 0 Å². The van der Waals surface area contributed by atoms with E-state index in [2.05, 4.69) is 95.7 Å². The summed E-state index contributed by atoms with van der Waals surface area (Å²) < 4.78 is 0. The molecule has 21 atom stereocenters. The van der Waals surface area contributed by atoms with Gasteiger partial charge in [-0.05, 0) is 105 Å². The van der Waals surface area contributed by atoms with Gasteiger partial charge in [0.25, 0.3) is 0 Å². The van der Waals surface area contributed by atoms with Crippen LogP contribution in [0.25, 0.3) is 0 Å². The van der Waals surface area contributed by atoms with Crippen LogP contribution in [-0.2, 0) is 86.4 Å². The highest BCUT2D eigenvalue weighted by Crippen LogP contribution is 2.31. The normalized spacial score (nSPS) is 27.2. The fourth-order valence-electron chi connectivity index (χ4n) is 19.0. The fraction of sp³-hybridized carbons (Fsp3) is 0.636. The number of phenolic OH excluding ortho intramolecular Hbond substituents is 1. The van der Waals surface area contributed by atoms with E-state index in [0.29, 0.717) is 96.0 Å². The molecule has 34 heteroatoms. The third-order valence-electron chi connectivity index (χ3n) is 25.8. The topological polar surface area (TPSA) is 502 Å². The third-order valence-corrected chi connectivity index (χ3v) is 25.8. The number of benzene rings is 3. The molecular formula is C88H129N19O15. The Bertz CT molecular complexity index is 4130. The van der Waals surface area contributed by atoms with E-state index in [1.165, 1.54) is 19.1 Å². The van der Waals surface area contributed by atoms with Crippen molar-refractivity contribution < 1.29 is 72.2 Å². The van der Waals surface area contributed by atoms with Crippen LogP contribution in [0, 0.1) is 71.0 Å². The summed E-state index contributed by atoms with van der Waals surface area (Å²) in [6.07, 6.45) is 6.49. The van der Waals surface area contributed by atoms with Crippen LogP contribution < -0.4 is 101 Å². The maximum absolute atomic E-state index is 14.6. The van der Waals surface area contributed by atoms with Crippen molar-refractivity contribution in [3.63, 3.8) is 0 Å². The van der Waals surface area contributed by atoms with E-state index in [4.69, 9.17) is 5.73 Å². The van der Waals surface area contributed by atoms with Gasteiger partial charge in [0.1, 0.15) is 5.75 Å². The van der Waals surface area contributed by atoms with Crippen LogP contribution >= 0.6 is 0 Å². The summed E-state index contributed by atoms with van der Waals surface area (Å²) in [4.78, 5) is 194. The smallest absolute Gasteiger partial charge is 0.226 e. The van der Waals surface area contributed by atoms with Crippen molar-refractivity contribution in [3.8, 4) is 5.75 Å². The average Bonchev–Trinajstić information content (AvgIpc) is 1.52. The molecule has 0 bridgehead atoms. The predicted octanol–water partition coefficient (Wildman–Crippen LogP) is -1.91. The molecule has 8 fully saturated rings. The Morgan fingerprint density at radius 3 is 1.16 bits per heavy atom. The van der Waals surface area contributed by atoms with Gasteiger partial charge in [0.15, 0.2) is 0 Å². The van der Waals surface area contributed by atoms with E-state index >= 15 is 0 Å². The lowest BCUT2D eigenvalue weighted by atomic mass is 9.93. The molecule has 3 aromatic rings. The Morgan fingerprint density at radius 1 is 0.369 bits per heavy atom. The first-order valence-electron chi connectivity index (χ1n) is 44.1. The van der Waals surface area contributed by atoms with E-state index in [1.54, 1.807) is 12.1 Å². The number of amides is 14. The number of nitrogens with one attached hydrogen (secondary N) is 18. The number of nitrogens with two attached hydrogens (primary N) is 1. The van der Waals surface area contributed by atoms with Crippen LogP contribution in [0.4, 0.5) is 0 Å². The summed E-state index contributed by atoms with van der Waals surface area (Å²) in [6, 6.07) is 19.1. The van der Waals surface area contributed by atoms with Crippen LogP contribution in [0.2, 0.25) is 0 Å². The summed E-state index contributed by atoms with van der Waals surface area (Å²) in [5.41, 5.74) is 8.05. The van der Waals surface area contributed by atoms with E-state index in [-0.39, 0.29) is 173 Å². The molecule has 666 valence electrons. The van der Waals surface area contributed by atoms with Crippen molar-refractivity contribution in [2.75, 3.05) is 78.5 Å². The van der Waals surface area contributed by atoms with Gasteiger partial charge in [-0.3, -0.25) is 67.1 Å². The van der Waals surface area contributed by atoms with E-state index in [0.717, 1.165) is 17.5 Å². The van der Waals surface area contributed by atoms with Crippen LogP contribution in [0.1, 0.15) is 135 Å². The number of hydrogen-bond acceptors (Lipinski definition) is 20. The van der Waals surface area contributed by atoms with E-state index < -0.39 is 137 Å². The molecule has 3 saturated carbocycles. The van der Waals surface area contributed by atoms with Gasteiger partial charge in [0.05, 0.1) is 89.4 Å². The van der Waals surface area contributed by atoms with Gasteiger partial charge in [-0.15, -0.1) is 0 Å². The maximum Gasteiger partial charge on any atom is 0.226 e. The first-order chi connectivity index (χ1) is 58.6.